The lowest BCUT2D eigenvalue weighted by Crippen LogP contribution is -2.45. The van der Waals surface area contributed by atoms with Crippen LogP contribution in [0.5, 0.6) is 0 Å². The molecule has 1 unspecified atom stereocenters. The van der Waals surface area contributed by atoms with Gasteiger partial charge < -0.3 is 4.90 Å². The first-order valence-corrected chi connectivity index (χ1v) is 9.12. The van der Waals surface area contributed by atoms with E-state index < -0.39 is 0 Å². The Kier molecular flexibility index (Phi) is 4.50. The van der Waals surface area contributed by atoms with E-state index in [1.807, 2.05) is 6.21 Å². The highest BCUT2D eigenvalue weighted by Gasteiger charge is 2.33. The number of rotatable bonds is 2. The third kappa shape index (κ3) is 3.44. The molecule has 0 aromatic heterocycles. The van der Waals surface area contributed by atoms with Crippen LogP contribution in [0.4, 0.5) is 11.4 Å². The lowest BCUT2D eigenvalue weighted by Gasteiger charge is -2.45. The van der Waals surface area contributed by atoms with Crippen molar-refractivity contribution in [2.45, 2.75) is 38.6 Å². The largest absolute Gasteiger partial charge is 0.369 e. The summed E-state index contributed by atoms with van der Waals surface area (Å²) < 4.78 is 1.23. The summed E-state index contributed by atoms with van der Waals surface area (Å²) >= 11 is 2.31. The second kappa shape index (κ2) is 6.27. The molecule has 2 nitrogen and oxygen atoms in total. The summed E-state index contributed by atoms with van der Waals surface area (Å²) in [6, 6.07) is 15.0. The molecule has 0 spiro atoms. The molecule has 0 radical (unpaired) electrons. The summed E-state index contributed by atoms with van der Waals surface area (Å²) in [7, 11) is 2.20. The number of hydrogen-bond donors (Lipinski definition) is 0. The van der Waals surface area contributed by atoms with E-state index in [0.29, 0.717) is 5.92 Å². The molecule has 120 valence electrons. The van der Waals surface area contributed by atoms with Crippen LogP contribution in [0.3, 0.4) is 0 Å². The standard InChI is InChI=1S/C20H23IN2/c1-14-12-20(2,3)23(4)19-10-5-15(11-18(14)19)13-22-17-8-6-16(21)7-9-17/h5-11,13-14H,12H2,1-4H3. The first-order valence-electron chi connectivity index (χ1n) is 8.04. The molecule has 0 saturated carbocycles. The van der Waals surface area contributed by atoms with E-state index in [-0.39, 0.29) is 5.54 Å². The highest BCUT2D eigenvalue weighted by molar-refractivity contribution is 14.1. The first-order chi connectivity index (χ1) is 10.9. The number of halogens is 1. The number of aliphatic imine (C=N–C) groups is 1. The van der Waals surface area contributed by atoms with Crippen molar-refractivity contribution in [1.82, 2.24) is 0 Å². The quantitative estimate of drug-likeness (QED) is 0.447. The Morgan fingerprint density at radius 3 is 2.57 bits per heavy atom. The predicted molar refractivity (Wildman–Crippen MR) is 108 cm³/mol. The molecule has 23 heavy (non-hydrogen) atoms. The molecule has 2 aromatic rings. The van der Waals surface area contributed by atoms with Crippen molar-refractivity contribution in [2.75, 3.05) is 11.9 Å². The monoisotopic (exact) mass is 418 g/mol. The molecular weight excluding hydrogens is 395 g/mol. The minimum Gasteiger partial charge on any atom is -0.369 e. The highest BCUT2D eigenvalue weighted by atomic mass is 127. The van der Waals surface area contributed by atoms with Crippen LogP contribution < -0.4 is 4.90 Å². The van der Waals surface area contributed by atoms with Crippen molar-refractivity contribution in [3.8, 4) is 0 Å². The van der Waals surface area contributed by atoms with Gasteiger partial charge in [0.05, 0.1) is 5.69 Å². The number of fused-ring (bicyclic) bond motifs is 1. The van der Waals surface area contributed by atoms with Gasteiger partial charge in [-0.2, -0.15) is 0 Å². The zero-order valence-corrected chi connectivity index (χ0v) is 16.3. The van der Waals surface area contributed by atoms with Gasteiger partial charge in [0.1, 0.15) is 0 Å². The summed E-state index contributed by atoms with van der Waals surface area (Å²) in [5, 5.41) is 0. The van der Waals surface area contributed by atoms with Crippen molar-refractivity contribution in [2.24, 2.45) is 4.99 Å². The molecule has 0 fully saturated rings. The van der Waals surface area contributed by atoms with Gasteiger partial charge >= 0.3 is 0 Å². The third-order valence-corrected chi connectivity index (χ3v) is 5.57. The van der Waals surface area contributed by atoms with Gasteiger partial charge in [-0.3, -0.25) is 4.99 Å². The average Bonchev–Trinajstić information content (AvgIpc) is 2.52. The Bertz CT molecular complexity index is 732. The Morgan fingerprint density at radius 2 is 1.87 bits per heavy atom. The number of hydrogen-bond acceptors (Lipinski definition) is 2. The maximum absolute atomic E-state index is 4.60. The summed E-state index contributed by atoms with van der Waals surface area (Å²) in [4.78, 5) is 7.00. The molecule has 1 aliphatic rings. The molecule has 2 aromatic carbocycles. The van der Waals surface area contributed by atoms with E-state index in [1.165, 1.54) is 26.8 Å². The van der Waals surface area contributed by atoms with E-state index in [0.717, 1.165) is 5.69 Å². The van der Waals surface area contributed by atoms with Gasteiger partial charge in [0.25, 0.3) is 0 Å². The first kappa shape index (κ1) is 16.5. The molecule has 3 rings (SSSR count). The smallest absolute Gasteiger partial charge is 0.0630 e. The molecule has 1 atom stereocenters. The number of benzene rings is 2. The fourth-order valence-corrected chi connectivity index (χ4v) is 3.71. The Morgan fingerprint density at radius 1 is 1.17 bits per heavy atom. The van der Waals surface area contributed by atoms with Gasteiger partial charge in [0, 0.05) is 28.1 Å². The van der Waals surface area contributed by atoms with Crippen molar-refractivity contribution >= 4 is 40.2 Å². The van der Waals surface area contributed by atoms with E-state index in [1.54, 1.807) is 0 Å². The van der Waals surface area contributed by atoms with Crippen LogP contribution >= 0.6 is 22.6 Å². The van der Waals surface area contributed by atoms with Crippen LogP contribution in [-0.4, -0.2) is 18.8 Å². The number of nitrogens with zero attached hydrogens (tertiary/aromatic N) is 2. The van der Waals surface area contributed by atoms with Gasteiger partial charge in [-0.15, -0.1) is 0 Å². The molecule has 0 N–H and O–H groups in total. The molecule has 1 heterocycles. The van der Waals surface area contributed by atoms with E-state index in [4.69, 9.17) is 0 Å². The topological polar surface area (TPSA) is 15.6 Å². The van der Waals surface area contributed by atoms with Gasteiger partial charge in [-0.1, -0.05) is 13.0 Å². The minimum atomic E-state index is 0.212. The lowest BCUT2D eigenvalue weighted by atomic mass is 9.80. The maximum Gasteiger partial charge on any atom is 0.0630 e. The predicted octanol–water partition coefficient (Wildman–Crippen LogP) is 5.76. The van der Waals surface area contributed by atoms with Crippen molar-refractivity contribution < 1.29 is 0 Å². The zero-order chi connectivity index (χ0) is 16.6. The van der Waals surface area contributed by atoms with E-state index >= 15 is 0 Å². The van der Waals surface area contributed by atoms with Crippen LogP contribution in [0.25, 0.3) is 0 Å². The highest BCUT2D eigenvalue weighted by Crippen LogP contribution is 2.42. The van der Waals surface area contributed by atoms with Gasteiger partial charge in [0.2, 0.25) is 0 Å². The molecular formula is C20H23IN2. The fraction of sp³-hybridized carbons (Fsp3) is 0.350. The summed E-state index contributed by atoms with van der Waals surface area (Å²) in [6.07, 6.45) is 3.14. The minimum absolute atomic E-state index is 0.212. The molecule has 0 saturated heterocycles. The second-order valence-electron chi connectivity index (χ2n) is 7.03. The summed E-state index contributed by atoms with van der Waals surface area (Å²) in [6.45, 7) is 6.96. The molecule has 0 bridgehead atoms. The maximum atomic E-state index is 4.60. The Hall–Kier alpha value is -1.36. The van der Waals surface area contributed by atoms with Crippen LogP contribution in [0.15, 0.2) is 47.5 Å². The normalized spacial score (nSPS) is 19.9. The Labute approximate surface area is 152 Å². The molecule has 3 heteroatoms. The summed E-state index contributed by atoms with van der Waals surface area (Å²) in [5.41, 5.74) is 5.15. The van der Waals surface area contributed by atoms with E-state index in [2.05, 4.69) is 103 Å². The molecule has 1 aliphatic heterocycles. The summed E-state index contributed by atoms with van der Waals surface area (Å²) in [5.74, 6) is 0.572. The fourth-order valence-electron chi connectivity index (χ4n) is 3.35. The van der Waals surface area contributed by atoms with Gasteiger partial charge in [0.15, 0.2) is 0 Å². The van der Waals surface area contributed by atoms with E-state index in [9.17, 15) is 0 Å². The second-order valence-corrected chi connectivity index (χ2v) is 8.28. The zero-order valence-electron chi connectivity index (χ0n) is 14.2. The Balaban J connectivity index is 1.89. The lowest BCUT2D eigenvalue weighted by molar-refractivity contribution is 0.395. The van der Waals surface area contributed by atoms with Crippen LogP contribution in [0, 0.1) is 3.57 Å². The van der Waals surface area contributed by atoms with Crippen LogP contribution in [0.2, 0.25) is 0 Å². The average molecular weight is 418 g/mol. The van der Waals surface area contributed by atoms with Crippen molar-refractivity contribution in [3.05, 3.63) is 57.2 Å². The van der Waals surface area contributed by atoms with Crippen molar-refractivity contribution in [1.29, 1.82) is 0 Å². The van der Waals surface area contributed by atoms with Gasteiger partial charge in [-0.25, -0.2) is 0 Å². The van der Waals surface area contributed by atoms with Crippen LogP contribution in [0.1, 0.15) is 44.2 Å². The SMILES string of the molecule is CC1CC(C)(C)N(C)c2ccc(C=Nc3ccc(I)cc3)cc21. The third-order valence-electron chi connectivity index (χ3n) is 4.85. The molecule has 0 amide bonds. The number of anilines is 1. The van der Waals surface area contributed by atoms with Crippen LogP contribution in [-0.2, 0) is 0 Å². The van der Waals surface area contributed by atoms with Gasteiger partial charge in [-0.05, 0) is 96.3 Å². The molecule has 0 aliphatic carbocycles. The van der Waals surface area contributed by atoms with Crippen molar-refractivity contribution in [3.63, 3.8) is 0 Å².